The highest BCUT2D eigenvalue weighted by atomic mass is 35.5. The van der Waals surface area contributed by atoms with E-state index in [1.54, 1.807) is 28.8 Å². The summed E-state index contributed by atoms with van der Waals surface area (Å²) in [5.74, 6) is 0.693. The molecule has 7 heteroatoms. The molecule has 3 rings (SSSR count). The van der Waals surface area contributed by atoms with E-state index in [1.807, 2.05) is 50.2 Å². The van der Waals surface area contributed by atoms with Crippen LogP contribution in [0.3, 0.4) is 0 Å². The SMILES string of the molecule is CC[C@H](C)NC(=O)[C@@H](Cc1ccccc1)N(Cc1ccc(Cl)cc1Cl)C(=O)CSCc1cc(C)cc(C)c1. The largest absolute Gasteiger partial charge is 0.352 e. The maximum absolute atomic E-state index is 13.8. The smallest absolute Gasteiger partial charge is 0.243 e. The molecule has 0 fully saturated rings. The first kappa shape index (κ1) is 30.1. The third kappa shape index (κ3) is 9.07. The summed E-state index contributed by atoms with van der Waals surface area (Å²) in [6, 6.07) is 20.8. The van der Waals surface area contributed by atoms with Gasteiger partial charge in [0.05, 0.1) is 5.75 Å². The van der Waals surface area contributed by atoms with Gasteiger partial charge in [-0.3, -0.25) is 9.59 Å². The number of carbonyl (C=O) groups excluding carboxylic acids is 2. The van der Waals surface area contributed by atoms with Gasteiger partial charge in [-0.25, -0.2) is 0 Å². The number of aryl methyl sites for hydroxylation is 2. The molecule has 0 aliphatic carbocycles. The van der Waals surface area contributed by atoms with E-state index in [0.29, 0.717) is 22.2 Å². The maximum Gasteiger partial charge on any atom is 0.243 e. The maximum atomic E-state index is 13.8. The Morgan fingerprint density at radius 3 is 2.26 bits per heavy atom. The lowest BCUT2D eigenvalue weighted by molar-refractivity contribution is -0.139. The summed E-state index contributed by atoms with van der Waals surface area (Å²) >= 11 is 14.2. The van der Waals surface area contributed by atoms with E-state index in [1.165, 1.54) is 16.7 Å². The van der Waals surface area contributed by atoms with Crippen LogP contribution in [0, 0.1) is 13.8 Å². The van der Waals surface area contributed by atoms with Crippen LogP contribution in [0.15, 0.2) is 66.7 Å². The van der Waals surface area contributed by atoms with Gasteiger partial charge < -0.3 is 10.2 Å². The van der Waals surface area contributed by atoms with Crippen molar-refractivity contribution in [1.82, 2.24) is 10.2 Å². The average molecular weight is 572 g/mol. The molecule has 0 spiro atoms. The third-order valence-electron chi connectivity index (χ3n) is 6.40. The van der Waals surface area contributed by atoms with Crippen LogP contribution >= 0.6 is 35.0 Å². The molecule has 3 aromatic carbocycles. The zero-order valence-corrected chi connectivity index (χ0v) is 24.8. The summed E-state index contributed by atoms with van der Waals surface area (Å²) in [7, 11) is 0. The third-order valence-corrected chi connectivity index (χ3v) is 7.98. The molecule has 0 aliphatic rings. The predicted molar refractivity (Wildman–Crippen MR) is 161 cm³/mol. The van der Waals surface area contributed by atoms with Gasteiger partial charge in [-0.2, -0.15) is 0 Å². The zero-order chi connectivity index (χ0) is 27.7. The zero-order valence-electron chi connectivity index (χ0n) is 22.5. The van der Waals surface area contributed by atoms with Crippen LogP contribution in [0.4, 0.5) is 0 Å². The molecule has 0 bridgehead atoms. The highest BCUT2D eigenvalue weighted by Gasteiger charge is 2.31. The monoisotopic (exact) mass is 570 g/mol. The fourth-order valence-corrected chi connectivity index (χ4v) is 5.63. The van der Waals surface area contributed by atoms with Crippen molar-refractivity contribution in [2.24, 2.45) is 0 Å². The lowest BCUT2D eigenvalue weighted by atomic mass is 10.0. The first-order chi connectivity index (χ1) is 18.2. The van der Waals surface area contributed by atoms with Crippen molar-refractivity contribution < 1.29 is 9.59 Å². The predicted octanol–water partition coefficient (Wildman–Crippen LogP) is 7.40. The van der Waals surface area contributed by atoms with Crippen molar-refractivity contribution >= 4 is 46.8 Å². The van der Waals surface area contributed by atoms with Crippen LogP contribution in [-0.2, 0) is 28.3 Å². The standard InChI is InChI=1S/C31H36Cl2N2O2S/c1-5-23(4)34-31(37)29(16-24-9-7-6-8-10-24)35(18-26-11-12-27(32)17-28(26)33)30(36)20-38-19-25-14-21(2)13-22(3)15-25/h6-15,17,23,29H,5,16,18-20H2,1-4H3,(H,34,37)/t23-,29+/m0/s1. The fraction of sp³-hybridized carbons (Fsp3) is 0.355. The van der Waals surface area contributed by atoms with Gasteiger partial charge in [-0.05, 0) is 56.0 Å². The quantitative estimate of drug-likeness (QED) is 0.247. The van der Waals surface area contributed by atoms with Gasteiger partial charge >= 0.3 is 0 Å². The number of hydrogen-bond acceptors (Lipinski definition) is 3. The molecule has 38 heavy (non-hydrogen) atoms. The Kier molecular flexibility index (Phi) is 11.6. The van der Waals surface area contributed by atoms with E-state index in [4.69, 9.17) is 23.2 Å². The second-order valence-corrected chi connectivity index (χ2v) is 11.6. The molecule has 0 saturated heterocycles. The molecule has 0 saturated carbocycles. The van der Waals surface area contributed by atoms with Crippen molar-refractivity contribution in [3.05, 3.63) is 105 Å². The minimum absolute atomic E-state index is 0.00391. The molecule has 2 atom stereocenters. The first-order valence-corrected chi connectivity index (χ1v) is 14.8. The average Bonchev–Trinajstić information content (AvgIpc) is 2.87. The van der Waals surface area contributed by atoms with Gasteiger partial charge in [0, 0.05) is 34.8 Å². The molecular weight excluding hydrogens is 535 g/mol. The number of benzene rings is 3. The summed E-state index contributed by atoms with van der Waals surface area (Å²) in [6.45, 7) is 8.36. The molecule has 4 nitrogen and oxygen atoms in total. The summed E-state index contributed by atoms with van der Waals surface area (Å²) < 4.78 is 0. The molecule has 0 aromatic heterocycles. The Hall–Kier alpha value is -2.47. The minimum atomic E-state index is -0.688. The van der Waals surface area contributed by atoms with Crippen LogP contribution in [0.25, 0.3) is 0 Å². The Morgan fingerprint density at radius 1 is 0.947 bits per heavy atom. The Balaban J connectivity index is 1.89. The second-order valence-electron chi connectivity index (χ2n) is 9.77. The molecule has 3 aromatic rings. The van der Waals surface area contributed by atoms with E-state index >= 15 is 0 Å². The molecule has 0 unspecified atom stereocenters. The summed E-state index contributed by atoms with van der Waals surface area (Å²) in [6.07, 6.45) is 1.20. The number of rotatable bonds is 12. The van der Waals surface area contributed by atoms with Crippen molar-refractivity contribution in [1.29, 1.82) is 0 Å². The van der Waals surface area contributed by atoms with Gasteiger partial charge in [0.25, 0.3) is 0 Å². The summed E-state index contributed by atoms with van der Waals surface area (Å²) in [5.41, 5.74) is 5.33. The lowest BCUT2D eigenvalue weighted by Gasteiger charge is -2.32. The van der Waals surface area contributed by atoms with Gasteiger partial charge in [0.15, 0.2) is 0 Å². The molecular formula is C31H36Cl2N2O2S. The van der Waals surface area contributed by atoms with E-state index in [-0.39, 0.29) is 30.2 Å². The molecule has 0 aliphatic heterocycles. The van der Waals surface area contributed by atoms with Gasteiger partial charge in [0.1, 0.15) is 6.04 Å². The number of carbonyl (C=O) groups is 2. The lowest BCUT2D eigenvalue weighted by Crippen LogP contribution is -2.52. The Labute approximate surface area is 241 Å². The van der Waals surface area contributed by atoms with E-state index in [0.717, 1.165) is 17.5 Å². The number of nitrogens with one attached hydrogen (secondary N) is 1. The van der Waals surface area contributed by atoms with Gasteiger partial charge in [0.2, 0.25) is 11.8 Å². The van der Waals surface area contributed by atoms with Crippen molar-refractivity contribution in [2.75, 3.05) is 5.75 Å². The topological polar surface area (TPSA) is 49.4 Å². The number of halogens is 2. The molecule has 0 radical (unpaired) electrons. The minimum Gasteiger partial charge on any atom is -0.352 e. The van der Waals surface area contributed by atoms with Crippen LogP contribution < -0.4 is 5.32 Å². The highest BCUT2D eigenvalue weighted by molar-refractivity contribution is 7.99. The van der Waals surface area contributed by atoms with E-state index in [2.05, 4.69) is 37.4 Å². The summed E-state index contributed by atoms with van der Waals surface area (Å²) in [5, 5.41) is 4.09. The van der Waals surface area contributed by atoms with E-state index < -0.39 is 6.04 Å². The van der Waals surface area contributed by atoms with Crippen LogP contribution in [0.2, 0.25) is 10.0 Å². The number of thioether (sulfide) groups is 1. The number of nitrogens with zero attached hydrogens (tertiary/aromatic N) is 1. The normalized spacial score (nSPS) is 12.6. The highest BCUT2D eigenvalue weighted by Crippen LogP contribution is 2.25. The van der Waals surface area contributed by atoms with E-state index in [9.17, 15) is 9.59 Å². The van der Waals surface area contributed by atoms with Crippen molar-refractivity contribution in [2.45, 2.75) is 64.9 Å². The summed E-state index contributed by atoms with van der Waals surface area (Å²) in [4.78, 5) is 29.1. The molecule has 0 heterocycles. The van der Waals surface area contributed by atoms with Crippen LogP contribution in [0.1, 0.15) is 48.1 Å². The number of hydrogen-bond donors (Lipinski definition) is 1. The second kappa shape index (κ2) is 14.6. The molecule has 2 amide bonds. The molecule has 1 N–H and O–H groups in total. The Morgan fingerprint density at radius 2 is 1.63 bits per heavy atom. The van der Waals surface area contributed by atoms with Gasteiger partial charge in [-0.1, -0.05) is 95.8 Å². The van der Waals surface area contributed by atoms with Gasteiger partial charge in [-0.15, -0.1) is 11.8 Å². The Bertz CT molecular complexity index is 1220. The van der Waals surface area contributed by atoms with Crippen molar-refractivity contribution in [3.8, 4) is 0 Å². The van der Waals surface area contributed by atoms with Crippen LogP contribution in [-0.4, -0.2) is 34.6 Å². The number of amides is 2. The van der Waals surface area contributed by atoms with Crippen molar-refractivity contribution in [3.63, 3.8) is 0 Å². The van der Waals surface area contributed by atoms with Crippen LogP contribution in [0.5, 0.6) is 0 Å². The molecule has 202 valence electrons. The first-order valence-electron chi connectivity index (χ1n) is 12.9. The fourth-order valence-electron chi connectivity index (χ4n) is 4.32.